The van der Waals surface area contributed by atoms with Crippen LogP contribution in [-0.2, 0) is 4.79 Å². The fraction of sp³-hybridized carbons (Fsp3) is 0.550. The summed E-state index contributed by atoms with van der Waals surface area (Å²) in [5.41, 5.74) is 1.11. The van der Waals surface area contributed by atoms with Gasteiger partial charge in [-0.25, -0.2) is 0 Å². The van der Waals surface area contributed by atoms with Gasteiger partial charge in [0.2, 0.25) is 0 Å². The largest absolute Gasteiger partial charge is 0.346 e. The van der Waals surface area contributed by atoms with Crippen LogP contribution in [0.2, 0.25) is 0 Å². The Bertz CT molecular complexity index is 540. The van der Waals surface area contributed by atoms with Crippen molar-refractivity contribution in [2.24, 2.45) is 0 Å². The summed E-state index contributed by atoms with van der Waals surface area (Å²) >= 11 is 0. The quantitative estimate of drug-likeness (QED) is 0.686. The van der Waals surface area contributed by atoms with Gasteiger partial charge in [0.25, 0.3) is 5.91 Å². The van der Waals surface area contributed by atoms with Crippen LogP contribution in [0.4, 0.5) is 0 Å². The Labute approximate surface area is 146 Å². The summed E-state index contributed by atoms with van der Waals surface area (Å²) in [6.07, 6.45) is 4.47. The lowest BCUT2D eigenvalue weighted by Gasteiger charge is -2.33. The molecule has 3 N–H and O–H groups in total. The highest BCUT2D eigenvalue weighted by Crippen LogP contribution is 2.00. The fourth-order valence-corrected chi connectivity index (χ4v) is 3.15. The van der Waals surface area contributed by atoms with Gasteiger partial charge in [-0.3, -0.25) is 4.79 Å². The predicted molar refractivity (Wildman–Crippen MR) is 99.1 cm³/mol. The summed E-state index contributed by atoms with van der Waals surface area (Å²) in [6.45, 7) is 13.6. The van der Waals surface area contributed by atoms with E-state index in [1.165, 1.54) is 10.5 Å². The number of carbonyl (C=O) groups is 1. The Morgan fingerprint density at radius 2 is 1.79 bits per heavy atom. The molecule has 0 aliphatic carbocycles. The molecule has 0 radical (unpaired) electrons. The lowest BCUT2D eigenvalue weighted by atomic mass is 10.1. The number of benzene rings is 1. The first-order chi connectivity index (χ1) is 11.3. The predicted octanol–water partition coefficient (Wildman–Crippen LogP) is -0.214. The van der Waals surface area contributed by atoms with Gasteiger partial charge in [0.05, 0.1) is 6.54 Å². The molecule has 1 aromatic carbocycles. The van der Waals surface area contributed by atoms with E-state index in [4.69, 9.17) is 0 Å². The van der Waals surface area contributed by atoms with Gasteiger partial charge in [-0.2, -0.15) is 0 Å². The van der Waals surface area contributed by atoms with E-state index in [0.29, 0.717) is 0 Å². The Morgan fingerprint density at radius 3 is 2.38 bits per heavy atom. The van der Waals surface area contributed by atoms with Crippen LogP contribution < -0.4 is 15.1 Å². The maximum Gasteiger partial charge on any atom is 0.278 e. The number of piperazine rings is 1. The van der Waals surface area contributed by atoms with Crippen LogP contribution >= 0.6 is 0 Å². The third kappa shape index (κ3) is 6.10. The van der Waals surface area contributed by atoms with Crippen LogP contribution in [0.3, 0.4) is 0 Å². The topological polar surface area (TPSA) is 38.0 Å². The van der Waals surface area contributed by atoms with E-state index in [1.54, 1.807) is 4.90 Å². The fourth-order valence-electron chi connectivity index (χ4n) is 3.15. The van der Waals surface area contributed by atoms with Crippen molar-refractivity contribution in [1.82, 2.24) is 5.32 Å². The normalized spacial score (nSPS) is 23.2. The molecule has 1 aromatic rings. The first kappa shape index (κ1) is 18.7. The zero-order valence-corrected chi connectivity index (χ0v) is 15.6. The number of hydrogen-bond donors (Lipinski definition) is 3. The van der Waals surface area contributed by atoms with E-state index in [2.05, 4.69) is 48.7 Å². The number of amides is 1. The molecule has 1 aliphatic rings. The lowest BCUT2D eigenvalue weighted by Crippen LogP contribution is -3.30. The average Bonchev–Trinajstić information content (AvgIpc) is 2.54. The molecular formula is C20H33N3O+2. The van der Waals surface area contributed by atoms with Gasteiger partial charge in [-0.05, 0) is 39.3 Å². The highest BCUT2D eigenvalue weighted by atomic mass is 16.2. The number of carbonyl (C=O) groups excluding carboxylic acids is 1. The standard InChI is InChI=1S/C20H31N3O/c1-17(19(24)21-20(2,3)4)23-15-13-22(14-16-23)12-8-11-18-9-6-5-7-10-18/h5-11,17H,12-16H2,1-4H3,(H,21,24)/p+2/b11-8+/t17-/m1/s1. The monoisotopic (exact) mass is 331 g/mol. The van der Waals surface area contributed by atoms with Crippen molar-refractivity contribution >= 4 is 12.0 Å². The van der Waals surface area contributed by atoms with Crippen LogP contribution in [0.1, 0.15) is 33.3 Å². The van der Waals surface area contributed by atoms with E-state index < -0.39 is 0 Å². The van der Waals surface area contributed by atoms with E-state index in [-0.39, 0.29) is 17.5 Å². The highest BCUT2D eigenvalue weighted by Gasteiger charge is 2.31. The van der Waals surface area contributed by atoms with Crippen molar-refractivity contribution in [1.29, 1.82) is 0 Å². The van der Waals surface area contributed by atoms with Gasteiger partial charge in [0, 0.05) is 5.54 Å². The van der Waals surface area contributed by atoms with Gasteiger partial charge in [-0.1, -0.05) is 36.4 Å². The Kier molecular flexibility index (Phi) is 6.58. The van der Waals surface area contributed by atoms with Gasteiger partial charge in [0.1, 0.15) is 26.2 Å². The minimum atomic E-state index is -0.153. The molecule has 0 spiro atoms. The lowest BCUT2D eigenvalue weighted by molar-refractivity contribution is -1.02. The maximum absolute atomic E-state index is 12.3. The van der Waals surface area contributed by atoms with Gasteiger partial charge in [-0.15, -0.1) is 0 Å². The molecule has 1 aliphatic heterocycles. The first-order valence-corrected chi connectivity index (χ1v) is 9.07. The molecule has 1 amide bonds. The summed E-state index contributed by atoms with van der Waals surface area (Å²) in [4.78, 5) is 15.3. The molecule has 4 nitrogen and oxygen atoms in total. The molecule has 24 heavy (non-hydrogen) atoms. The molecule has 0 aromatic heterocycles. The number of quaternary nitrogens is 2. The molecule has 1 saturated heterocycles. The highest BCUT2D eigenvalue weighted by molar-refractivity contribution is 5.80. The van der Waals surface area contributed by atoms with Crippen LogP contribution in [0.5, 0.6) is 0 Å². The molecule has 0 unspecified atom stereocenters. The number of hydrogen-bond acceptors (Lipinski definition) is 1. The third-order valence-electron chi connectivity index (χ3n) is 4.62. The molecule has 4 heteroatoms. The third-order valence-corrected chi connectivity index (χ3v) is 4.62. The van der Waals surface area contributed by atoms with Crippen LogP contribution in [0.25, 0.3) is 6.08 Å². The number of rotatable bonds is 5. The summed E-state index contributed by atoms with van der Waals surface area (Å²) in [5.74, 6) is 0.171. The van der Waals surface area contributed by atoms with Crippen molar-refractivity contribution in [3.63, 3.8) is 0 Å². The van der Waals surface area contributed by atoms with E-state index in [9.17, 15) is 4.79 Å². The number of nitrogens with one attached hydrogen (secondary N) is 3. The van der Waals surface area contributed by atoms with Crippen LogP contribution in [-0.4, -0.2) is 50.2 Å². The SMILES string of the molecule is C[C@H](C(=O)NC(C)(C)C)[NH+]1CC[NH+](C/C=C/c2ccccc2)CC1. The molecule has 1 fully saturated rings. The molecule has 0 saturated carbocycles. The second-order valence-corrected chi connectivity index (χ2v) is 7.89. The maximum atomic E-state index is 12.3. The minimum absolute atomic E-state index is 0.0330. The molecule has 1 atom stereocenters. The Hall–Kier alpha value is -1.65. The summed E-state index contributed by atoms with van der Waals surface area (Å²) in [6, 6.07) is 10.5. The minimum Gasteiger partial charge on any atom is -0.346 e. The van der Waals surface area contributed by atoms with Gasteiger partial charge >= 0.3 is 0 Å². The van der Waals surface area contributed by atoms with E-state index in [0.717, 1.165) is 32.7 Å². The van der Waals surface area contributed by atoms with Crippen molar-refractivity contribution in [2.45, 2.75) is 39.3 Å². The Morgan fingerprint density at radius 1 is 1.17 bits per heavy atom. The average molecular weight is 332 g/mol. The van der Waals surface area contributed by atoms with Crippen molar-refractivity contribution in [2.75, 3.05) is 32.7 Å². The first-order valence-electron chi connectivity index (χ1n) is 9.07. The van der Waals surface area contributed by atoms with Crippen molar-refractivity contribution < 1.29 is 14.6 Å². The molecule has 2 rings (SSSR count). The molecule has 0 bridgehead atoms. The van der Waals surface area contributed by atoms with Crippen molar-refractivity contribution in [3.05, 3.63) is 42.0 Å². The second-order valence-electron chi connectivity index (χ2n) is 7.89. The molecule has 1 heterocycles. The second kappa shape index (κ2) is 8.45. The summed E-state index contributed by atoms with van der Waals surface area (Å²) in [5, 5.41) is 3.10. The van der Waals surface area contributed by atoms with E-state index in [1.807, 2.05) is 26.8 Å². The van der Waals surface area contributed by atoms with E-state index >= 15 is 0 Å². The Balaban J connectivity index is 1.75. The summed E-state index contributed by atoms with van der Waals surface area (Å²) in [7, 11) is 0. The van der Waals surface area contributed by atoms with Gasteiger partial charge in [0.15, 0.2) is 6.04 Å². The van der Waals surface area contributed by atoms with Crippen LogP contribution in [0.15, 0.2) is 36.4 Å². The van der Waals surface area contributed by atoms with Gasteiger partial charge < -0.3 is 15.1 Å². The molecular weight excluding hydrogens is 298 g/mol. The molecule has 132 valence electrons. The smallest absolute Gasteiger partial charge is 0.278 e. The summed E-state index contributed by atoms with van der Waals surface area (Å²) < 4.78 is 0. The zero-order valence-electron chi connectivity index (χ0n) is 15.6. The zero-order chi connectivity index (χ0) is 17.6. The van der Waals surface area contributed by atoms with Crippen molar-refractivity contribution in [3.8, 4) is 0 Å². The van der Waals surface area contributed by atoms with Crippen LogP contribution in [0, 0.1) is 0 Å².